The fraction of sp³-hybridized carbons (Fsp3) is 0.462. The third kappa shape index (κ3) is 1.51. The Balaban J connectivity index is 1.92. The minimum absolute atomic E-state index is 0.285. The van der Waals surface area contributed by atoms with Crippen LogP contribution in [0, 0.1) is 16.7 Å². The fourth-order valence-electron chi connectivity index (χ4n) is 2.35. The lowest BCUT2D eigenvalue weighted by Gasteiger charge is -2.39. The predicted octanol–water partition coefficient (Wildman–Crippen LogP) is 1.16. The quantitative estimate of drug-likeness (QED) is 0.827. The van der Waals surface area contributed by atoms with E-state index in [1.807, 2.05) is 12.1 Å². The number of ether oxygens (including phenoxy) is 2. The molecule has 2 N–H and O–H groups in total. The Morgan fingerprint density at radius 2 is 2.24 bits per heavy atom. The third-order valence-corrected chi connectivity index (χ3v) is 3.61. The van der Waals surface area contributed by atoms with Crippen LogP contribution in [0.5, 0.6) is 5.75 Å². The van der Waals surface area contributed by atoms with Crippen molar-refractivity contribution in [3.05, 3.63) is 29.3 Å². The van der Waals surface area contributed by atoms with Crippen LogP contribution in [0.3, 0.4) is 0 Å². The molecule has 0 spiro atoms. The average Bonchev–Trinajstić information content (AvgIpc) is 2.74. The van der Waals surface area contributed by atoms with Gasteiger partial charge in [-0.15, -0.1) is 0 Å². The molecule has 1 aromatic carbocycles. The highest BCUT2D eigenvalue weighted by atomic mass is 16.5. The van der Waals surface area contributed by atoms with Crippen molar-refractivity contribution in [1.82, 2.24) is 0 Å². The molecule has 1 fully saturated rings. The van der Waals surface area contributed by atoms with Crippen LogP contribution >= 0.6 is 0 Å². The molecule has 0 aromatic heterocycles. The molecule has 0 saturated carbocycles. The van der Waals surface area contributed by atoms with Crippen molar-refractivity contribution in [1.29, 1.82) is 5.26 Å². The van der Waals surface area contributed by atoms with Gasteiger partial charge in [-0.3, -0.25) is 0 Å². The Labute approximate surface area is 99.9 Å². The lowest BCUT2D eigenvalue weighted by Crippen LogP contribution is -2.49. The second-order valence-corrected chi connectivity index (χ2v) is 4.70. The van der Waals surface area contributed by atoms with E-state index in [4.69, 9.17) is 15.2 Å². The summed E-state index contributed by atoms with van der Waals surface area (Å²) in [6.07, 6.45) is 0.923. The predicted molar refractivity (Wildman–Crippen MR) is 61.4 cm³/mol. The standard InChI is InChI=1S/C13H14N2O2/c14-6-13(7-16-8-13)12(15)10-1-2-11-9(5-10)3-4-17-11/h1-2,5,12H,3-4,7-8,15H2. The summed E-state index contributed by atoms with van der Waals surface area (Å²) in [6, 6.07) is 7.97. The first-order valence-corrected chi connectivity index (χ1v) is 5.75. The topological polar surface area (TPSA) is 68.3 Å². The SMILES string of the molecule is N#CC1(C(N)c2ccc3c(c2)CCO3)COC1. The maximum atomic E-state index is 9.23. The van der Waals surface area contributed by atoms with Crippen LogP contribution in [0.1, 0.15) is 17.2 Å². The highest BCUT2D eigenvalue weighted by Crippen LogP contribution is 2.39. The molecular weight excluding hydrogens is 216 g/mol. The van der Waals surface area contributed by atoms with E-state index >= 15 is 0 Å². The molecule has 2 heterocycles. The first-order valence-electron chi connectivity index (χ1n) is 5.75. The summed E-state index contributed by atoms with van der Waals surface area (Å²) >= 11 is 0. The maximum absolute atomic E-state index is 9.23. The Morgan fingerprint density at radius 3 is 2.88 bits per heavy atom. The molecule has 1 atom stereocenters. The first kappa shape index (κ1) is 10.6. The van der Waals surface area contributed by atoms with E-state index in [0.717, 1.165) is 24.3 Å². The van der Waals surface area contributed by atoms with Crippen LogP contribution in [0.4, 0.5) is 0 Å². The van der Waals surface area contributed by atoms with E-state index in [9.17, 15) is 5.26 Å². The van der Waals surface area contributed by atoms with Crippen LogP contribution in [0.2, 0.25) is 0 Å². The smallest absolute Gasteiger partial charge is 0.123 e. The minimum atomic E-state index is -0.548. The normalized spacial score (nSPS) is 21.9. The van der Waals surface area contributed by atoms with E-state index in [-0.39, 0.29) is 6.04 Å². The van der Waals surface area contributed by atoms with Gasteiger partial charge in [-0.05, 0) is 17.2 Å². The van der Waals surface area contributed by atoms with E-state index in [0.29, 0.717) is 13.2 Å². The number of nitrogens with two attached hydrogens (primary N) is 1. The summed E-state index contributed by atoms with van der Waals surface area (Å²) in [7, 11) is 0. The zero-order chi connectivity index (χ0) is 11.9. The van der Waals surface area contributed by atoms with Crippen molar-refractivity contribution in [2.24, 2.45) is 11.1 Å². The zero-order valence-corrected chi connectivity index (χ0v) is 9.48. The lowest BCUT2D eigenvalue weighted by atomic mass is 9.77. The molecule has 0 amide bonds. The van der Waals surface area contributed by atoms with Gasteiger partial charge in [-0.1, -0.05) is 12.1 Å². The Morgan fingerprint density at radius 1 is 1.41 bits per heavy atom. The van der Waals surface area contributed by atoms with Crippen molar-refractivity contribution in [3.63, 3.8) is 0 Å². The number of benzene rings is 1. The fourth-order valence-corrected chi connectivity index (χ4v) is 2.35. The molecule has 0 aliphatic carbocycles. The summed E-state index contributed by atoms with van der Waals surface area (Å²) in [5.41, 5.74) is 7.83. The average molecular weight is 230 g/mol. The van der Waals surface area contributed by atoms with Crippen LogP contribution in [0.15, 0.2) is 18.2 Å². The van der Waals surface area contributed by atoms with Crippen molar-refractivity contribution in [2.75, 3.05) is 19.8 Å². The molecule has 4 heteroatoms. The molecule has 0 radical (unpaired) electrons. The molecule has 0 bridgehead atoms. The summed E-state index contributed by atoms with van der Waals surface area (Å²) in [4.78, 5) is 0. The van der Waals surface area contributed by atoms with Crippen molar-refractivity contribution in [2.45, 2.75) is 12.5 Å². The van der Waals surface area contributed by atoms with Crippen LogP contribution in [0.25, 0.3) is 0 Å². The van der Waals surface area contributed by atoms with Gasteiger partial charge in [0.25, 0.3) is 0 Å². The molecule has 1 unspecified atom stereocenters. The van der Waals surface area contributed by atoms with Crippen LogP contribution in [-0.4, -0.2) is 19.8 Å². The molecule has 4 nitrogen and oxygen atoms in total. The first-order chi connectivity index (χ1) is 8.25. The Hall–Kier alpha value is -1.57. The largest absolute Gasteiger partial charge is 0.493 e. The van der Waals surface area contributed by atoms with Gasteiger partial charge in [0, 0.05) is 6.42 Å². The summed E-state index contributed by atoms with van der Waals surface area (Å²) < 4.78 is 10.6. The van der Waals surface area contributed by atoms with Gasteiger partial charge in [0.15, 0.2) is 0 Å². The molecule has 1 aromatic rings. The van der Waals surface area contributed by atoms with Gasteiger partial charge in [0.2, 0.25) is 0 Å². The van der Waals surface area contributed by atoms with Gasteiger partial charge in [0.1, 0.15) is 11.2 Å². The molecule has 88 valence electrons. The van der Waals surface area contributed by atoms with E-state index in [1.54, 1.807) is 0 Å². The monoisotopic (exact) mass is 230 g/mol. The Bertz CT molecular complexity index is 489. The zero-order valence-electron chi connectivity index (χ0n) is 9.48. The third-order valence-electron chi connectivity index (χ3n) is 3.61. The van der Waals surface area contributed by atoms with Gasteiger partial charge >= 0.3 is 0 Å². The number of nitriles is 1. The number of hydrogen-bond donors (Lipinski definition) is 1. The second-order valence-electron chi connectivity index (χ2n) is 4.70. The molecule has 2 aliphatic heterocycles. The van der Waals surface area contributed by atoms with Crippen molar-refractivity contribution >= 4 is 0 Å². The highest BCUT2D eigenvalue weighted by Gasteiger charge is 2.45. The molecule has 3 rings (SSSR count). The molecule has 17 heavy (non-hydrogen) atoms. The van der Waals surface area contributed by atoms with Crippen LogP contribution in [-0.2, 0) is 11.2 Å². The summed E-state index contributed by atoms with van der Waals surface area (Å²) in [5, 5.41) is 9.23. The summed E-state index contributed by atoms with van der Waals surface area (Å²) in [6.45, 7) is 1.59. The lowest BCUT2D eigenvalue weighted by molar-refractivity contribution is -0.0910. The van der Waals surface area contributed by atoms with Crippen molar-refractivity contribution in [3.8, 4) is 11.8 Å². The Kier molecular flexibility index (Phi) is 2.32. The molecule has 2 aliphatic rings. The van der Waals surface area contributed by atoms with Gasteiger partial charge in [0.05, 0.1) is 31.9 Å². The molecule has 1 saturated heterocycles. The second kappa shape index (κ2) is 3.73. The summed E-state index contributed by atoms with van der Waals surface area (Å²) in [5.74, 6) is 0.941. The van der Waals surface area contributed by atoms with Gasteiger partial charge < -0.3 is 15.2 Å². The number of rotatable bonds is 2. The number of hydrogen-bond acceptors (Lipinski definition) is 4. The van der Waals surface area contributed by atoms with E-state index in [2.05, 4.69) is 12.1 Å². The van der Waals surface area contributed by atoms with Crippen LogP contribution < -0.4 is 10.5 Å². The highest BCUT2D eigenvalue weighted by molar-refractivity contribution is 5.41. The molecular formula is C13H14N2O2. The van der Waals surface area contributed by atoms with E-state index < -0.39 is 5.41 Å². The number of nitrogens with zero attached hydrogens (tertiary/aromatic N) is 1. The number of fused-ring (bicyclic) bond motifs is 1. The van der Waals surface area contributed by atoms with Crippen molar-refractivity contribution < 1.29 is 9.47 Å². The van der Waals surface area contributed by atoms with Gasteiger partial charge in [-0.2, -0.15) is 5.26 Å². The van der Waals surface area contributed by atoms with Gasteiger partial charge in [-0.25, -0.2) is 0 Å². The maximum Gasteiger partial charge on any atom is 0.123 e. The van der Waals surface area contributed by atoms with E-state index in [1.165, 1.54) is 5.56 Å². The minimum Gasteiger partial charge on any atom is -0.493 e.